The van der Waals surface area contributed by atoms with Gasteiger partial charge in [-0.2, -0.15) is 0 Å². The Morgan fingerprint density at radius 3 is 1.17 bits per heavy atom. The molecule has 0 spiro atoms. The highest BCUT2D eigenvalue weighted by Gasteiger charge is 2.17. The second-order valence-corrected chi connectivity index (χ2v) is 7.84. The van der Waals surface area contributed by atoms with Crippen molar-refractivity contribution in [3.8, 4) is 0 Å². The predicted octanol–water partition coefficient (Wildman–Crippen LogP) is -2.77. The standard InChI is InChI=1S/C20H37N5O10/c1-2-22(6-9-24(12-17(28)29)13-18(30)31)5-7-23(4-3-21-11-16(26)27)8-10-25(14-19(32)33)15-20(34)35/h21H,2-15H2,1H3,(H,26,27)(H,28,29)(H,30,31)(H,32,33)(H,34,35). The van der Waals surface area contributed by atoms with E-state index in [1.54, 1.807) is 0 Å². The molecular formula is C20H37N5O10. The van der Waals surface area contributed by atoms with Crippen LogP contribution in [-0.4, -0.2) is 167 Å². The molecule has 0 saturated carbocycles. The summed E-state index contributed by atoms with van der Waals surface area (Å²) < 4.78 is 0. The minimum atomic E-state index is -1.15. The first-order valence-electron chi connectivity index (χ1n) is 11.1. The summed E-state index contributed by atoms with van der Waals surface area (Å²) in [5.74, 6) is -5.55. The molecule has 0 unspecified atom stereocenters. The molecule has 0 amide bonds. The molecule has 35 heavy (non-hydrogen) atoms. The third-order valence-corrected chi connectivity index (χ3v) is 4.96. The SMILES string of the molecule is CCN(CCN(CCNCC(=O)O)CCN(CC(=O)O)CC(=O)O)CCN(CC(=O)O)CC(=O)O. The van der Waals surface area contributed by atoms with Gasteiger partial charge in [0.1, 0.15) is 0 Å². The van der Waals surface area contributed by atoms with Crippen LogP contribution in [0.25, 0.3) is 0 Å². The van der Waals surface area contributed by atoms with E-state index in [9.17, 15) is 24.0 Å². The number of carbonyl (C=O) groups is 5. The Balaban J connectivity index is 4.98. The van der Waals surface area contributed by atoms with E-state index in [-0.39, 0.29) is 19.6 Å². The number of hydrogen-bond acceptors (Lipinski definition) is 10. The van der Waals surface area contributed by atoms with Gasteiger partial charge in [0.15, 0.2) is 0 Å². The largest absolute Gasteiger partial charge is 0.480 e. The molecule has 0 rings (SSSR count). The molecular weight excluding hydrogens is 470 g/mol. The Hall–Kier alpha value is -2.85. The zero-order chi connectivity index (χ0) is 26.8. The van der Waals surface area contributed by atoms with Gasteiger partial charge in [-0.3, -0.25) is 38.7 Å². The molecule has 0 atom stereocenters. The molecule has 0 fully saturated rings. The molecule has 0 bridgehead atoms. The Bertz CT molecular complexity index is 661. The van der Waals surface area contributed by atoms with Gasteiger partial charge in [0.25, 0.3) is 0 Å². The van der Waals surface area contributed by atoms with E-state index in [0.29, 0.717) is 45.8 Å². The molecule has 0 saturated heterocycles. The summed E-state index contributed by atoms with van der Waals surface area (Å²) in [5, 5.41) is 47.5. The predicted molar refractivity (Wildman–Crippen MR) is 122 cm³/mol. The summed E-state index contributed by atoms with van der Waals surface area (Å²) in [7, 11) is 0. The molecule has 6 N–H and O–H groups in total. The fourth-order valence-corrected chi connectivity index (χ4v) is 3.24. The van der Waals surface area contributed by atoms with Crippen LogP contribution in [0.1, 0.15) is 6.92 Å². The van der Waals surface area contributed by atoms with Crippen molar-refractivity contribution in [2.75, 3.05) is 91.6 Å². The van der Waals surface area contributed by atoms with E-state index in [4.69, 9.17) is 25.5 Å². The Morgan fingerprint density at radius 2 is 0.857 bits per heavy atom. The molecule has 0 heterocycles. The highest BCUT2D eigenvalue weighted by Crippen LogP contribution is 1.98. The fraction of sp³-hybridized carbons (Fsp3) is 0.750. The first kappa shape index (κ1) is 32.1. The van der Waals surface area contributed by atoms with Crippen LogP contribution in [0.5, 0.6) is 0 Å². The van der Waals surface area contributed by atoms with Crippen LogP contribution in [0, 0.1) is 0 Å². The Labute approximate surface area is 203 Å². The zero-order valence-corrected chi connectivity index (χ0v) is 20.0. The van der Waals surface area contributed by atoms with Crippen molar-refractivity contribution in [1.29, 1.82) is 0 Å². The maximum atomic E-state index is 11.0. The van der Waals surface area contributed by atoms with E-state index < -0.39 is 56.0 Å². The normalized spacial score (nSPS) is 11.5. The molecule has 0 aromatic carbocycles. The Kier molecular flexibility index (Phi) is 17.0. The van der Waals surface area contributed by atoms with Gasteiger partial charge in [0.2, 0.25) is 0 Å². The van der Waals surface area contributed by atoms with Crippen molar-refractivity contribution < 1.29 is 49.5 Å². The number of hydrogen-bond donors (Lipinski definition) is 6. The number of rotatable bonds is 23. The van der Waals surface area contributed by atoms with Gasteiger partial charge < -0.3 is 35.7 Å². The van der Waals surface area contributed by atoms with Gasteiger partial charge >= 0.3 is 29.8 Å². The monoisotopic (exact) mass is 507 g/mol. The van der Waals surface area contributed by atoms with Crippen LogP contribution in [0.3, 0.4) is 0 Å². The number of carboxylic acid groups (broad SMARTS) is 5. The van der Waals surface area contributed by atoms with Gasteiger partial charge in [-0.15, -0.1) is 0 Å². The van der Waals surface area contributed by atoms with Crippen LogP contribution >= 0.6 is 0 Å². The van der Waals surface area contributed by atoms with E-state index in [1.807, 2.05) is 16.7 Å². The van der Waals surface area contributed by atoms with Crippen LogP contribution in [0.2, 0.25) is 0 Å². The topological polar surface area (TPSA) is 211 Å². The fourth-order valence-electron chi connectivity index (χ4n) is 3.24. The van der Waals surface area contributed by atoms with Crippen molar-refractivity contribution in [3.05, 3.63) is 0 Å². The number of nitrogens with zero attached hydrogens (tertiary/aromatic N) is 4. The second kappa shape index (κ2) is 18.5. The average molecular weight is 508 g/mol. The van der Waals surface area contributed by atoms with Crippen LogP contribution in [-0.2, 0) is 24.0 Å². The minimum Gasteiger partial charge on any atom is -0.480 e. The Morgan fingerprint density at radius 1 is 0.514 bits per heavy atom. The van der Waals surface area contributed by atoms with Gasteiger partial charge in [0.05, 0.1) is 32.7 Å². The summed E-state index contributed by atoms with van der Waals surface area (Å²) in [6.07, 6.45) is 0. The van der Waals surface area contributed by atoms with Gasteiger partial charge in [-0.25, -0.2) is 0 Å². The number of nitrogens with one attached hydrogen (secondary N) is 1. The average Bonchev–Trinajstić information content (AvgIpc) is 2.72. The molecule has 0 aliphatic carbocycles. The van der Waals surface area contributed by atoms with Crippen LogP contribution < -0.4 is 5.32 Å². The summed E-state index contributed by atoms with van der Waals surface area (Å²) in [6, 6.07) is 0. The lowest BCUT2D eigenvalue weighted by atomic mass is 10.3. The summed E-state index contributed by atoms with van der Waals surface area (Å²) in [5.41, 5.74) is 0. The van der Waals surface area contributed by atoms with Crippen molar-refractivity contribution in [1.82, 2.24) is 24.9 Å². The minimum absolute atomic E-state index is 0.175. The van der Waals surface area contributed by atoms with Crippen LogP contribution in [0.4, 0.5) is 0 Å². The van der Waals surface area contributed by atoms with Gasteiger partial charge in [-0.1, -0.05) is 6.92 Å². The highest BCUT2D eigenvalue weighted by atomic mass is 16.4. The van der Waals surface area contributed by atoms with Gasteiger partial charge in [0, 0.05) is 52.4 Å². The molecule has 15 nitrogen and oxygen atoms in total. The molecule has 0 aliphatic heterocycles. The first-order chi connectivity index (χ1) is 16.4. The third-order valence-electron chi connectivity index (χ3n) is 4.96. The molecule has 0 aliphatic rings. The van der Waals surface area contributed by atoms with E-state index in [0.717, 1.165) is 0 Å². The van der Waals surface area contributed by atoms with E-state index in [2.05, 4.69) is 5.32 Å². The van der Waals surface area contributed by atoms with E-state index >= 15 is 0 Å². The lowest BCUT2D eigenvalue weighted by Crippen LogP contribution is -2.46. The number of carboxylic acids is 5. The molecule has 15 heteroatoms. The first-order valence-corrected chi connectivity index (χ1v) is 11.1. The van der Waals surface area contributed by atoms with Crippen molar-refractivity contribution in [2.45, 2.75) is 6.92 Å². The summed E-state index contributed by atoms with van der Waals surface area (Å²) >= 11 is 0. The smallest absolute Gasteiger partial charge is 0.317 e. The number of likely N-dealkylation sites (N-methyl/N-ethyl adjacent to an activating group) is 1. The molecule has 0 radical (unpaired) electrons. The second-order valence-electron chi connectivity index (χ2n) is 7.84. The lowest BCUT2D eigenvalue weighted by Gasteiger charge is -2.30. The molecule has 0 aromatic rings. The zero-order valence-electron chi connectivity index (χ0n) is 20.0. The van der Waals surface area contributed by atoms with E-state index in [1.165, 1.54) is 9.80 Å². The maximum Gasteiger partial charge on any atom is 0.317 e. The summed E-state index contributed by atoms with van der Waals surface area (Å²) in [6.45, 7) is 3.63. The molecule has 0 aromatic heterocycles. The van der Waals surface area contributed by atoms with Crippen molar-refractivity contribution in [2.24, 2.45) is 0 Å². The number of aliphatic carboxylic acids is 5. The van der Waals surface area contributed by atoms with Crippen molar-refractivity contribution >= 4 is 29.8 Å². The maximum absolute atomic E-state index is 11.0. The summed E-state index contributed by atoms with van der Waals surface area (Å²) in [4.78, 5) is 61.3. The van der Waals surface area contributed by atoms with Crippen molar-refractivity contribution in [3.63, 3.8) is 0 Å². The quantitative estimate of drug-likeness (QED) is 0.0772. The lowest BCUT2D eigenvalue weighted by molar-refractivity contribution is -0.143. The third kappa shape index (κ3) is 19.2. The highest BCUT2D eigenvalue weighted by molar-refractivity contribution is 5.73. The molecule has 202 valence electrons. The van der Waals surface area contributed by atoms with Gasteiger partial charge in [-0.05, 0) is 6.54 Å². The van der Waals surface area contributed by atoms with Crippen LogP contribution in [0.15, 0.2) is 0 Å².